The van der Waals surface area contributed by atoms with Gasteiger partial charge in [-0.2, -0.15) is 0 Å². The number of carbonyl (C=O) groups is 1. The average molecular weight is 171 g/mol. The van der Waals surface area contributed by atoms with E-state index in [0.717, 1.165) is 6.42 Å². The fourth-order valence-corrected chi connectivity index (χ4v) is 1.11. The molecule has 0 aromatic heterocycles. The Labute approximate surface area is 73.3 Å². The molecule has 0 bridgehead atoms. The predicted octanol–water partition coefficient (Wildman–Crippen LogP) is 1.07. The van der Waals surface area contributed by atoms with Gasteiger partial charge in [0.15, 0.2) is 0 Å². The van der Waals surface area contributed by atoms with Crippen LogP contribution in [-0.2, 0) is 9.53 Å². The van der Waals surface area contributed by atoms with Crippen molar-refractivity contribution >= 4 is 5.97 Å². The van der Waals surface area contributed by atoms with Crippen molar-refractivity contribution in [2.45, 2.75) is 45.3 Å². The van der Waals surface area contributed by atoms with Gasteiger partial charge in [-0.1, -0.05) is 6.92 Å². The van der Waals surface area contributed by atoms with E-state index in [-0.39, 0.29) is 11.9 Å². The van der Waals surface area contributed by atoms with Crippen molar-refractivity contribution < 1.29 is 9.53 Å². The van der Waals surface area contributed by atoms with Crippen LogP contribution >= 0.6 is 0 Å². The Morgan fingerprint density at radius 2 is 2.00 bits per heavy atom. The molecule has 3 nitrogen and oxygen atoms in total. The first-order valence-electron chi connectivity index (χ1n) is 4.28. The molecule has 1 fully saturated rings. The molecule has 1 rings (SSSR count). The highest BCUT2D eigenvalue weighted by Crippen LogP contribution is 2.41. The highest BCUT2D eigenvalue weighted by atomic mass is 16.6. The van der Waals surface area contributed by atoms with Gasteiger partial charge >= 0.3 is 5.97 Å². The molecule has 0 spiro atoms. The first-order chi connectivity index (χ1) is 5.26. The zero-order valence-corrected chi connectivity index (χ0v) is 8.18. The van der Waals surface area contributed by atoms with E-state index in [1.54, 1.807) is 0 Å². The Morgan fingerprint density at radius 1 is 1.58 bits per heavy atom. The van der Waals surface area contributed by atoms with Gasteiger partial charge in [0.2, 0.25) is 0 Å². The number of rotatable bonds is 1. The lowest BCUT2D eigenvalue weighted by Crippen LogP contribution is -2.40. The van der Waals surface area contributed by atoms with E-state index in [2.05, 4.69) is 0 Å². The van der Waals surface area contributed by atoms with E-state index >= 15 is 0 Å². The second kappa shape index (κ2) is 2.46. The quantitative estimate of drug-likeness (QED) is 0.600. The minimum atomic E-state index is -0.687. The number of carbonyl (C=O) groups excluding carboxylic acids is 1. The van der Waals surface area contributed by atoms with Gasteiger partial charge in [0.05, 0.1) is 0 Å². The summed E-state index contributed by atoms with van der Waals surface area (Å²) >= 11 is 0. The molecule has 1 aliphatic carbocycles. The minimum absolute atomic E-state index is 0.262. The molecule has 0 aliphatic heterocycles. The van der Waals surface area contributed by atoms with Gasteiger partial charge in [0, 0.05) is 0 Å². The molecule has 0 saturated heterocycles. The molecule has 0 aromatic rings. The van der Waals surface area contributed by atoms with Crippen LogP contribution < -0.4 is 5.73 Å². The van der Waals surface area contributed by atoms with Crippen molar-refractivity contribution in [3.8, 4) is 0 Å². The fourth-order valence-electron chi connectivity index (χ4n) is 1.11. The molecule has 3 heteroatoms. The normalized spacial score (nSPS) is 34.6. The zero-order valence-electron chi connectivity index (χ0n) is 8.18. The van der Waals surface area contributed by atoms with Gasteiger partial charge in [0.1, 0.15) is 11.1 Å². The molecule has 2 atom stereocenters. The van der Waals surface area contributed by atoms with Gasteiger partial charge in [-0.3, -0.25) is 4.79 Å². The Kier molecular flexibility index (Phi) is 1.95. The molecular formula is C9H17NO2. The van der Waals surface area contributed by atoms with Crippen LogP contribution in [0.5, 0.6) is 0 Å². The molecule has 0 radical (unpaired) electrons. The maximum atomic E-state index is 11.4. The molecule has 2 N–H and O–H groups in total. The summed E-state index contributed by atoms with van der Waals surface area (Å²) in [5, 5.41) is 0. The molecule has 0 amide bonds. The van der Waals surface area contributed by atoms with Crippen molar-refractivity contribution in [2.24, 2.45) is 11.7 Å². The molecule has 70 valence electrons. The van der Waals surface area contributed by atoms with Crippen molar-refractivity contribution in [2.75, 3.05) is 0 Å². The van der Waals surface area contributed by atoms with E-state index in [1.165, 1.54) is 0 Å². The van der Waals surface area contributed by atoms with E-state index in [9.17, 15) is 4.79 Å². The lowest BCUT2D eigenvalue weighted by Gasteiger charge is -2.22. The summed E-state index contributed by atoms with van der Waals surface area (Å²) in [6.45, 7) is 7.51. The number of ether oxygens (including phenoxy) is 1. The third kappa shape index (κ3) is 1.78. The summed E-state index contributed by atoms with van der Waals surface area (Å²) < 4.78 is 5.17. The number of hydrogen-bond donors (Lipinski definition) is 1. The second-order valence-electron chi connectivity index (χ2n) is 4.65. The first kappa shape index (κ1) is 9.52. The van der Waals surface area contributed by atoms with Crippen LogP contribution in [0, 0.1) is 5.92 Å². The Bertz CT molecular complexity index is 207. The van der Waals surface area contributed by atoms with E-state index < -0.39 is 11.1 Å². The van der Waals surface area contributed by atoms with Crippen molar-refractivity contribution in [3.05, 3.63) is 0 Å². The molecule has 0 aromatic carbocycles. The van der Waals surface area contributed by atoms with E-state index in [4.69, 9.17) is 10.5 Å². The third-order valence-corrected chi connectivity index (χ3v) is 2.14. The van der Waals surface area contributed by atoms with Gasteiger partial charge in [-0.25, -0.2) is 0 Å². The number of esters is 1. The van der Waals surface area contributed by atoms with Crippen molar-refractivity contribution in [3.63, 3.8) is 0 Å². The summed E-state index contributed by atoms with van der Waals surface area (Å²) in [7, 11) is 0. The maximum absolute atomic E-state index is 11.4. The highest BCUT2D eigenvalue weighted by molar-refractivity contribution is 5.84. The van der Waals surface area contributed by atoms with Crippen LogP contribution in [0.3, 0.4) is 0 Å². The highest BCUT2D eigenvalue weighted by Gasteiger charge is 2.56. The van der Waals surface area contributed by atoms with Crippen LogP contribution in [0.1, 0.15) is 34.1 Å². The van der Waals surface area contributed by atoms with Crippen LogP contribution in [0.2, 0.25) is 0 Å². The Hall–Kier alpha value is -0.570. The van der Waals surface area contributed by atoms with Crippen LogP contribution in [0.15, 0.2) is 0 Å². The van der Waals surface area contributed by atoms with Crippen LogP contribution in [0.4, 0.5) is 0 Å². The topological polar surface area (TPSA) is 52.3 Å². The molecule has 12 heavy (non-hydrogen) atoms. The number of nitrogens with two attached hydrogens (primary N) is 1. The third-order valence-electron chi connectivity index (χ3n) is 2.14. The molecule has 2 unspecified atom stereocenters. The Balaban J connectivity index is 2.51. The summed E-state index contributed by atoms with van der Waals surface area (Å²) in [6, 6.07) is 0. The molecule has 0 heterocycles. The zero-order chi connectivity index (χ0) is 9.57. The molecule has 1 aliphatic rings. The summed E-state index contributed by atoms with van der Waals surface area (Å²) in [6.07, 6.45) is 0.752. The minimum Gasteiger partial charge on any atom is -0.459 e. The van der Waals surface area contributed by atoms with Crippen LogP contribution in [-0.4, -0.2) is 17.1 Å². The monoisotopic (exact) mass is 171 g/mol. The SMILES string of the molecule is CC1CC1(N)C(=O)OC(C)(C)C. The van der Waals surface area contributed by atoms with Crippen molar-refractivity contribution in [1.82, 2.24) is 0 Å². The summed E-state index contributed by atoms with van der Waals surface area (Å²) in [5.41, 5.74) is 4.65. The predicted molar refractivity (Wildman–Crippen MR) is 46.5 cm³/mol. The smallest absolute Gasteiger partial charge is 0.326 e. The summed E-state index contributed by atoms with van der Waals surface area (Å²) in [4.78, 5) is 11.4. The largest absolute Gasteiger partial charge is 0.459 e. The van der Waals surface area contributed by atoms with E-state index in [1.807, 2.05) is 27.7 Å². The molecule has 1 saturated carbocycles. The van der Waals surface area contributed by atoms with Gasteiger partial charge in [-0.15, -0.1) is 0 Å². The van der Waals surface area contributed by atoms with E-state index in [0.29, 0.717) is 0 Å². The first-order valence-corrected chi connectivity index (χ1v) is 4.28. The lowest BCUT2D eigenvalue weighted by atomic mass is 10.1. The fraction of sp³-hybridized carbons (Fsp3) is 0.889. The van der Waals surface area contributed by atoms with Crippen molar-refractivity contribution in [1.29, 1.82) is 0 Å². The van der Waals surface area contributed by atoms with Gasteiger partial charge < -0.3 is 10.5 Å². The standard InChI is InChI=1S/C9H17NO2/c1-6-5-9(6,10)7(11)12-8(2,3)4/h6H,5,10H2,1-4H3. The average Bonchev–Trinajstić information content (AvgIpc) is 2.37. The molecular weight excluding hydrogens is 154 g/mol. The summed E-state index contributed by atoms with van der Waals surface area (Å²) in [5.74, 6) is 0.00912. The van der Waals surface area contributed by atoms with Gasteiger partial charge in [0.25, 0.3) is 0 Å². The van der Waals surface area contributed by atoms with Crippen LogP contribution in [0.25, 0.3) is 0 Å². The Morgan fingerprint density at radius 3 is 2.25 bits per heavy atom. The number of hydrogen-bond acceptors (Lipinski definition) is 3. The second-order valence-corrected chi connectivity index (χ2v) is 4.65. The lowest BCUT2D eigenvalue weighted by molar-refractivity contribution is -0.158. The van der Waals surface area contributed by atoms with Gasteiger partial charge in [-0.05, 0) is 33.1 Å². The maximum Gasteiger partial charge on any atom is 0.326 e.